The maximum absolute atomic E-state index is 13.8. The van der Waals surface area contributed by atoms with Crippen molar-refractivity contribution in [3.8, 4) is 0 Å². The SMILES string of the molecule is CC(=O)N1CCC(Nc2cc(C)nc(C(C)C)n2)c2ccc(F)cc2C1. The zero-order valence-corrected chi connectivity index (χ0v) is 15.7. The summed E-state index contributed by atoms with van der Waals surface area (Å²) in [5.41, 5.74) is 2.76. The number of nitrogens with one attached hydrogen (secondary N) is 1. The number of carbonyl (C=O) groups excluding carboxylic acids is 1. The average molecular weight is 356 g/mol. The summed E-state index contributed by atoms with van der Waals surface area (Å²) < 4.78 is 13.8. The first-order valence-corrected chi connectivity index (χ1v) is 8.99. The number of anilines is 1. The lowest BCUT2D eigenvalue weighted by molar-refractivity contribution is -0.129. The molecule has 1 amide bonds. The molecular weight excluding hydrogens is 331 g/mol. The molecule has 1 unspecified atom stereocenters. The number of rotatable bonds is 3. The standard InChI is InChI=1S/C20H25FN4O/c1-12(2)20-22-13(3)9-19(24-20)23-18-7-8-25(14(4)26)11-15-10-16(21)5-6-17(15)18/h5-6,9-10,12,18H,7-8,11H2,1-4H3,(H,22,23,24). The summed E-state index contributed by atoms with van der Waals surface area (Å²) in [5, 5.41) is 3.48. The van der Waals surface area contributed by atoms with Crippen LogP contribution in [0.15, 0.2) is 24.3 Å². The lowest BCUT2D eigenvalue weighted by atomic mass is 9.99. The Labute approximate surface area is 153 Å². The van der Waals surface area contributed by atoms with Gasteiger partial charge in [-0.2, -0.15) is 0 Å². The predicted octanol–water partition coefficient (Wildman–Crippen LogP) is 3.95. The first kappa shape index (κ1) is 18.3. The number of benzene rings is 1. The lowest BCUT2D eigenvalue weighted by Crippen LogP contribution is -2.28. The number of aromatic nitrogens is 2. The minimum Gasteiger partial charge on any atom is -0.363 e. The summed E-state index contributed by atoms with van der Waals surface area (Å²) in [5.74, 6) is 1.51. The molecule has 1 aromatic heterocycles. The Bertz CT molecular complexity index is 821. The quantitative estimate of drug-likeness (QED) is 0.905. The highest BCUT2D eigenvalue weighted by atomic mass is 19.1. The molecule has 1 aliphatic rings. The summed E-state index contributed by atoms with van der Waals surface area (Å²) in [4.78, 5) is 22.7. The minimum atomic E-state index is -0.284. The third kappa shape index (κ3) is 4.00. The van der Waals surface area contributed by atoms with E-state index in [9.17, 15) is 9.18 Å². The van der Waals surface area contributed by atoms with Gasteiger partial charge in [0, 0.05) is 37.7 Å². The van der Waals surface area contributed by atoms with Crippen molar-refractivity contribution in [1.29, 1.82) is 0 Å². The molecule has 1 aromatic carbocycles. The van der Waals surface area contributed by atoms with Crippen molar-refractivity contribution < 1.29 is 9.18 Å². The van der Waals surface area contributed by atoms with E-state index in [-0.39, 0.29) is 23.7 Å². The lowest BCUT2D eigenvalue weighted by Gasteiger charge is -2.21. The third-order valence-electron chi connectivity index (χ3n) is 4.68. The molecule has 138 valence electrons. The van der Waals surface area contributed by atoms with E-state index in [0.29, 0.717) is 13.1 Å². The van der Waals surface area contributed by atoms with E-state index in [1.54, 1.807) is 11.8 Å². The molecule has 0 radical (unpaired) electrons. The summed E-state index contributed by atoms with van der Waals surface area (Å²) in [6.45, 7) is 8.67. The first-order chi connectivity index (χ1) is 12.3. The minimum absolute atomic E-state index is 0.000774. The van der Waals surface area contributed by atoms with Gasteiger partial charge in [0.25, 0.3) is 0 Å². The Hall–Kier alpha value is -2.50. The first-order valence-electron chi connectivity index (χ1n) is 8.99. The van der Waals surface area contributed by atoms with Crippen LogP contribution in [0, 0.1) is 12.7 Å². The van der Waals surface area contributed by atoms with Crippen LogP contribution in [0.2, 0.25) is 0 Å². The van der Waals surface area contributed by atoms with Crippen molar-refractivity contribution >= 4 is 11.7 Å². The monoisotopic (exact) mass is 356 g/mol. The van der Waals surface area contributed by atoms with Crippen LogP contribution in [0.4, 0.5) is 10.2 Å². The van der Waals surface area contributed by atoms with Gasteiger partial charge in [0.15, 0.2) is 0 Å². The highest BCUT2D eigenvalue weighted by molar-refractivity contribution is 5.73. The number of aryl methyl sites for hydroxylation is 1. The highest BCUT2D eigenvalue weighted by Crippen LogP contribution is 2.30. The van der Waals surface area contributed by atoms with Crippen LogP contribution in [0.1, 0.15) is 61.8 Å². The predicted molar refractivity (Wildman–Crippen MR) is 99.3 cm³/mol. The number of fused-ring (bicyclic) bond motifs is 1. The van der Waals surface area contributed by atoms with Crippen LogP contribution >= 0.6 is 0 Å². The molecular formula is C20H25FN4O. The molecule has 0 spiro atoms. The van der Waals surface area contributed by atoms with Gasteiger partial charge in [-0.25, -0.2) is 14.4 Å². The molecule has 0 fully saturated rings. The fourth-order valence-electron chi connectivity index (χ4n) is 3.30. The fourth-order valence-corrected chi connectivity index (χ4v) is 3.30. The topological polar surface area (TPSA) is 58.1 Å². The number of carbonyl (C=O) groups is 1. The van der Waals surface area contributed by atoms with E-state index >= 15 is 0 Å². The van der Waals surface area contributed by atoms with E-state index < -0.39 is 0 Å². The van der Waals surface area contributed by atoms with Crippen molar-refractivity contribution in [3.63, 3.8) is 0 Å². The van der Waals surface area contributed by atoms with Crippen LogP contribution in [0.25, 0.3) is 0 Å². The smallest absolute Gasteiger partial charge is 0.219 e. The molecule has 0 saturated carbocycles. The van der Waals surface area contributed by atoms with Crippen molar-refractivity contribution in [2.45, 2.75) is 52.6 Å². The second-order valence-electron chi connectivity index (χ2n) is 7.18. The molecule has 0 aliphatic carbocycles. The summed E-state index contributed by atoms with van der Waals surface area (Å²) >= 11 is 0. The van der Waals surface area contributed by atoms with Crippen LogP contribution in [0.3, 0.4) is 0 Å². The Morgan fingerprint density at radius 3 is 2.77 bits per heavy atom. The normalized spacial score (nSPS) is 17.0. The number of hydrogen-bond donors (Lipinski definition) is 1. The van der Waals surface area contributed by atoms with E-state index in [0.717, 1.165) is 34.9 Å². The Kier molecular flexibility index (Phi) is 5.20. The number of halogens is 1. The van der Waals surface area contributed by atoms with Gasteiger partial charge in [-0.1, -0.05) is 19.9 Å². The van der Waals surface area contributed by atoms with Gasteiger partial charge in [-0.15, -0.1) is 0 Å². The Morgan fingerprint density at radius 2 is 2.08 bits per heavy atom. The maximum atomic E-state index is 13.8. The van der Waals surface area contributed by atoms with Crippen molar-refractivity contribution in [2.75, 3.05) is 11.9 Å². The van der Waals surface area contributed by atoms with E-state index in [4.69, 9.17) is 0 Å². The van der Waals surface area contributed by atoms with Gasteiger partial charge in [0.05, 0.1) is 6.04 Å². The fraction of sp³-hybridized carbons (Fsp3) is 0.450. The van der Waals surface area contributed by atoms with Gasteiger partial charge in [0.2, 0.25) is 5.91 Å². The largest absolute Gasteiger partial charge is 0.363 e. The number of amides is 1. The molecule has 3 rings (SSSR count). The van der Waals surface area contributed by atoms with Gasteiger partial charge >= 0.3 is 0 Å². The molecule has 1 aliphatic heterocycles. The zero-order valence-electron chi connectivity index (χ0n) is 15.7. The van der Waals surface area contributed by atoms with Crippen LogP contribution in [-0.2, 0) is 11.3 Å². The Morgan fingerprint density at radius 1 is 1.31 bits per heavy atom. The van der Waals surface area contributed by atoms with Gasteiger partial charge in [-0.05, 0) is 36.6 Å². The van der Waals surface area contributed by atoms with Crippen LogP contribution < -0.4 is 5.32 Å². The van der Waals surface area contributed by atoms with Crippen LogP contribution in [-0.4, -0.2) is 27.3 Å². The summed E-state index contributed by atoms with van der Waals surface area (Å²) in [6.07, 6.45) is 0.734. The van der Waals surface area contributed by atoms with E-state index in [1.807, 2.05) is 19.1 Å². The number of hydrogen-bond acceptors (Lipinski definition) is 4. The van der Waals surface area contributed by atoms with Gasteiger partial charge in [-0.3, -0.25) is 4.79 Å². The van der Waals surface area contributed by atoms with Crippen LogP contribution in [0.5, 0.6) is 0 Å². The summed E-state index contributed by atoms with van der Waals surface area (Å²) in [6, 6.07) is 6.69. The second kappa shape index (κ2) is 7.40. The number of nitrogens with zero attached hydrogens (tertiary/aromatic N) is 3. The molecule has 0 bridgehead atoms. The third-order valence-corrected chi connectivity index (χ3v) is 4.68. The van der Waals surface area contributed by atoms with Gasteiger partial charge in [0.1, 0.15) is 17.5 Å². The molecule has 1 atom stereocenters. The van der Waals surface area contributed by atoms with Gasteiger partial charge < -0.3 is 10.2 Å². The molecule has 1 N–H and O–H groups in total. The molecule has 0 saturated heterocycles. The summed E-state index contributed by atoms with van der Waals surface area (Å²) in [7, 11) is 0. The zero-order chi connectivity index (χ0) is 18.8. The molecule has 6 heteroatoms. The van der Waals surface area contributed by atoms with Crippen molar-refractivity contribution in [3.05, 3.63) is 52.7 Å². The highest BCUT2D eigenvalue weighted by Gasteiger charge is 2.24. The maximum Gasteiger partial charge on any atom is 0.219 e. The Balaban J connectivity index is 1.94. The molecule has 2 aromatic rings. The average Bonchev–Trinajstić information content (AvgIpc) is 2.73. The van der Waals surface area contributed by atoms with E-state index in [2.05, 4.69) is 29.1 Å². The molecule has 26 heavy (non-hydrogen) atoms. The van der Waals surface area contributed by atoms with E-state index in [1.165, 1.54) is 12.1 Å². The second-order valence-corrected chi connectivity index (χ2v) is 7.18. The van der Waals surface area contributed by atoms with Crippen molar-refractivity contribution in [2.24, 2.45) is 0 Å². The molecule has 2 heterocycles. The molecule has 5 nitrogen and oxygen atoms in total. The van der Waals surface area contributed by atoms with Crippen molar-refractivity contribution in [1.82, 2.24) is 14.9 Å².